The first kappa shape index (κ1) is 13.5. The third-order valence-electron chi connectivity index (χ3n) is 2.83. The summed E-state index contributed by atoms with van der Waals surface area (Å²) in [5.74, 6) is 0. The van der Waals surface area contributed by atoms with Gasteiger partial charge in [0.2, 0.25) is 0 Å². The summed E-state index contributed by atoms with van der Waals surface area (Å²) in [6.07, 6.45) is 3.22. The molecule has 0 saturated heterocycles. The summed E-state index contributed by atoms with van der Waals surface area (Å²) in [6, 6.07) is 5.05. The van der Waals surface area contributed by atoms with Crippen molar-refractivity contribution in [3.8, 4) is 0 Å². The van der Waals surface area contributed by atoms with Crippen LogP contribution in [-0.2, 0) is 9.84 Å². The molecule has 1 aliphatic heterocycles. The van der Waals surface area contributed by atoms with Crippen LogP contribution in [0.2, 0.25) is 0 Å². The molecule has 1 heterocycles. The van der Waals surface area contributed by atoms with E-state index in [1.54, 1.807) is 12.1 Å². The fourth-order valence-corrected chi connectivity index (χ4v) is 3.56. The highest BCUT2D eigenvalue weighted by molar-refractivity contribution is 8.17. The number of hydrogen-bond acceptors (Lipinski definition) is 5. The highest BCUT2D eigenvalue weighted by Crippen LogP contribution is 2.47. The van der Waals surface area contributed by atoms with Gasteiger partial charge in [-0.3, -0.25) is 0 Å². The standard InChI is InChI=1S/C11H10N2O2S2.ClH/c1-17(14,15)7-3-2-6-4-9-10(8(6)5-7)13-11(12)16-9;/h2-5,10H,1H3,(H2,12,13);1H. The third kappa shape index (κ3) is 2.04. The van der Waals surface area contributed by atoms with Crippen molar-refractivity contribution in [3.05, 3.63) is 34.2 Å². The number of nitrogens with zero attached hydrogens (tertiary/aromatic N) is 1. The fourth-order valence-electron chi connectivity index (χ4n) is 2.03. The van der Waals surface area contributed by atoms with E-state index in [0.717, 1.165) is 16.0 Å². The molecule has 0 aromatic heterocycles. The lowest BCUT2D eigenvalue weighted by Gasteiger charge is -2.06. The molecule has 2 N–H and O–H groups in total. The second-order valence-electron chi connectivity index (χ2n) is 4.08. The Hall–Kier alpha value is -0.980. The van der Waals surface area contributed by atoms with Crippen molar-refractivity contribution in [3.63, 3.8) is 0 Å². The first-order chi connectivity index (χ1) is 7.95. The van der Waals surface area contributed by atoms with Gasteiger partial charge in [0.05, 0.1) is 4.90 Å². The van der Waals surface area contributed by atoms with E-state index in [1.807, 2.05) is 12.1 Å². The summed E-state index contributed by atoms with van der Waals surface area (Å²) in [4.78, 5) is 5.71. The average molecular weight is 303 g/mol. The Balaban J connectivity index is 0.00000120. The third-order valence-corrected chi connectivity index (χ3v) is 4.83. The predicted octanol–water partition coefficient (Wildman–Crippen LogP) is 1.97. The monoisotopic (exact) mass is 302 g/mol. The van der Waals surface area contributed by atoms with Crippen molar-refractivity contribution >= 4 is 45.2 Å². The van der Waals surface area contributed by atoms with E-state index in [1.165, 1.54) is 18.0 Å². The van der Waals surface area contributed by atoms with Crippen molar-refractivity contribution < 1.29 is 8.42 Å². The Bertz CT molecular complexity index is 680. The van der Waals surface area contributed by atoms with Gasteiger partial charge in [0.1, 0.15) is 6.04 Å². The predicted molar refractivity (Wildman–Crippen MR) is 76.7 cm³/mol. The van der Waals surface area contributed by atoms with Gasteiger partial charge in [0, 0.05) is 11.2 Å². The molecule has 4 nitrogen and oxygen atoms in total. The minimum atomic E-state index is -3.18. The van der Waals surface area contributed by atoms with Crippen molar-refractivity contribution in [2.45, 2.75) is 10.9 Å². The lowest BCUT2D eigenvalue weighted by molar-refractivity contribution is 0.601. The maximum absolute atomic E-state index is 11.5. The number of thioether (sulfide) groups is 1. The zero-order valence-corrected chi connectivity index (χ0v) is 11.9. The van der Waals surface area contributed by atoms with Gasteiger partial charge in [0.25, 0.3) is 0 Å². The molecule has 2 aliphatic rings. The Labute approximate surface area is 116 Å². The SMILES string of the molecule is CS(=O)(=O)c1ccc2c(c1)C1N=C(N)SC1=C2.Cl. The second kappa shape index (κ2) is 4.29. The van der Waals surface area contributed by atoms with Crippen LogP contribution in [0.15, 0.2) is 33.0 Å². The Morgan fingerprint density at radius 1 is 1.39 bits per heavy atom. The van der Waals surface area contributed by atoms with Crippen LogP contribution >= 0.6 is 24.2 Å². The molecule has 7 heteroatoms. The van der Waals surface area contributed by atoms with Gasteiger partial charge in [0.15, 0.2) is 15.0 Å². The molecule has 18 heavy (non-hydrogen) atoms. The summed E-state index contributed by atoms with van der Waals surface area (Å²) in [7, 11) is -3.18. The van der Waals surface area contributed by atoms with Gasteiger partial charge in [-0.1, -0.05) is 17.8 Å². The van der Waals surface area contributed by atoms with Crippen LogP contribution in [0.4, 0.5) is 0 Å². The van der Waals surface area contributed by atoms with Crippen LogP contribution < -0.4 is 5.73 Å². The molecule has 1 aliphatic carbocycles. The lowest BCUT2D eigenvalue weighted by Crippen LogP contribution is -2.02. The van der Waals surface area contributed by atoms with Gasteiger partial charge in [-0.2, -0.15) is 0 Å². The van der Waals surface area contributed by atoms with E-state index in [9.17, 15) is 8.42 Å². The summed E-state index contributed by atoms with van der Waals surface area (Å²) in [5.41, 5.74) is 7.62. The Morgan fingerprint density at radius 3 is 2.78 bits per heavy atom. The van der Waals surface area contributed by atoms with Crippen molar-refractivity contribution in [2.75, 3.05) is 6.26 Å². The normalized spacial score (nSPS) is 20.6. The molecule has 0 spiro atoms. The topological polar surface area (TPSA) is 72.5 Å². The van der Waals surface area contributed by atoms with Crippen LogP contribution in [0, 0.1) is 0 Å². The van der Waals surface area contributed by atoms with E-state index in [0.29, 0.717) is 10.1 Å². The van der Waals surface area contributed by atoms with Gasteiger partial charge >= 0.3 is 0 Å². The first-order valence-electron chi connectivity index (χ1n) is 5.02. The van der Waals surface area contributed by atoms with Crippen molar-refractivity contribution in [1.29, 1.82) is 0 Å². The largest absolute Gasteiger partial charge is 0.378 e. The smallest absolute Gasteiger partial charge is 0.175 e. The van der Waals surface area contributed by atoms with Gasteiger partial charge in [-0.05, 0) is 29.3 Å². The molecule has 1 aromatic rings. The summed E-state index contributed by atoms with van der Waals surface area (Å²) in [5, 5.41) is 0.539. The van der Waals surface area contributed by atoms with E-state index in [2.05, 4.69) is 4.99 Å². The van der Waals surface area contributed by atoms with Crippen LogP contribution in [-0.4, -0.2) is 19.8 Å². The van der Waals surface area contributed by atoms with Crippen LogP contribution in [0.25, 0.3) is 6.08 Å². The quantitative estimate of drug-likeness (QED) is 0.861. The number of aliphatic imine (C=N–C) groups is 1. The molecule has 0 bridgehead atoms. The Morgan fingerprint density at radius 2 is 2.11 bits per heavy atom. The van der Waals surface area contributed by atoms with Crippen LogP contribution in [0.5, 0.6) is 0 Å². The van der Waals surface area contributed by atoms with E-state index in [-0.39, 0.29) is 18.4 Å². The molecule has 1 atom stereocenters. The minimum absolute atomic E-state index is 0. The minimum Gasteiger partial charge on any atom is -0.378 e. The van der Waals surface area contributed by atoms with Crippen LogP contribution in [0.3, 0.4) is 0 Å². The molecule has 0 amide bonds. The molecular formula is C11H11ClN2O2S2. The summed E-state index contributed by atoms with van der Waals surface area (Å²) in [6.45, 7) is 0. The number of sulfone groups is 1. The summed E-state index contributed by atoms with van der Waals surface area (Å²) >= 11 is 1.45. The average Bonchev–Trinajstić information content (AvgIpc) is 2.71. The van der Waals surface area contributed by atoms with Gasteiger partial charge in [-0.15, -0.1) is 12.4 Å². The number of rotatable bonds is 1. The number of fused-ring (bicyclic) bond motifs is 3. The molecule has 0 fully saturated rings. The second-order valence-corrected chi connectivity index (χ2v) is 7.19. The molecule has 96 valence electrons. The first-order valence-corrected chi connectivity index (χ1v) is 7.73. The maximum atomic E-state index is 11.5. The molecule has 1 aromatic carbocycles. The zero-order valence-electron chi connectivity index (χ0n) is 9.45. The fraction of sp³-hybridized carbons (Fsp3) is 0.182. The molecule has 0 radical (unpaired) electrons. The van der Waals surface area contributed by atoms with E-state index < -0.39 is 9.84 Å². The van der Waals surface area contributed by atoms with Gasteiger partial charge < -0.3 is 5.73 Å². The zero-order chi connectivity index (χ0) is 12.2. The number of benzene rings is 1. The van der Waals surface area contributed by atoms with Crippen molar-refractivity contribution in [1.82, 2.24) is 0 Å². The number of hydrogen-bond donors (Lipinski definition) is 1. The molecule has 1 unspecified atom stereocenters. The molecular weight excluding hydrogens is 292 g/mol. The number of nitrogens with two attached hydrogens (primary N) is 1. The maximum Gasteiger partial charge on any atom is 0.175 e. The van der Waals surface area contributed by atoms with E-state index in [4.69, 9.17) is 5.73 Å². The summed E-state index contributed by atoms with van der Waals surface area (Å²) < 4.78 is 23.0. The van der Waals surface area contributed by atoms with E-state index >= 15 is 0 Å². The Kier molecular flexibility index (Phi) is 3.21. The van der Waals surface area contributed by atoms with Crippen LogP contribution in [0.1, 0.15) is 17.2 Å². The van der Waals surface area contributed by atoms with Gasteiger partial charge in [-0.25, -0.2) is 13.4 Å². The lowest BCUT2D eigenvalue weighted by atomic mass is 10.1. The molecule has 0 saturated carbocycles. The highest BCUT2D eigenvalue weighted by atomic mass is 35.5. The van der Waals surface area contributed by atoms with Crippen molar-refractivity contribution in [2.24, 2.45) is 10.7 Å². The number of amidine groups is 1. The molecule has 3 rings (SSSR count). The number of halogens is 1. The highest BCUT2D eigenvalue weighted by Gasteiger charge is 2.31.